The number of para-hydroxylation sites is 1. The molecular formula is C20H15ClN4O. The maximum atomic E-state index is 13.3. The van der Waals surface area contributed by atoms with Crippen LogP contribution in [-0.4, -0.2) is 20.5 Å². The summed E-state index contributed by atoms with van der Waals surface area (Å²) in [5, 5.41) is 4.59. The maximum absolute atomic E-state index is 13.3. The second-order valence-corrected chi connectivity index (χ2v) is 6.14. The molecule has 5 nitrogen and oxygen atoms in total. The van der Waals surface area contributed by atoms with Gasteiger partial charge in [-0.2, -0.15) is 5.10 Å². The van der Waals surface area contributed by atoms with Crippen molar-refractivity contribution in [3.05, 3.63) is 95.4 Å². The lowest BCUT2D eigenvalue weighted by Gasteiger charge is -2.22. The van der Waals surface area contributed by atoms with Gasteiger partial charge in [0.1, 0.15) is 5.02 Å². The van der Waals surface area contributed by atoms with Crippen LogP contribution >= 0.6 is 11.6 Å². The summed E-state index contributed by atoms with van der Waals surface area (Å²) >= 11 is 6.39. The zero-order valence-corrected chi connectivity index (χ0v) is 14.5. The van der Waals surface area contributed by atoms with Crippen LogP contribution in [0.1, 0.15) is 16.1 Å². The summed E-state index contributed by atoms with van der Waals surface area (Å²) in [5.74, 6) is -0.268. The number of nitrogens with zero attached hydrogens (tertiary/aromatic N) is 4. The highest BCUT2D eigenvalue weighted by molar-refractivity contribution is 6.37. The standard InChI is InChI=1S/C20H15ClN4O/c21-17-18(23-25-13-7-12-22-19(17)25)20(26)24(16-10-5-2-6-11-16)14-15-8-3-1-4-9-15/h1-13H,14H2. The zero-order valence-electron chi connectivity index (χ0n) is 13.8. The van der Waals surface area contributed by atoms with Gasteiger partial charge >= 0.3 is 0 Å². The topological polar surface area (TPSA) is 50.5 Å². The van der Waals surface area contributed by atoms with Crippen molar-refractivity contribution in [1.29, 1.82) is 0 Å². The van der Waals surface area contributed by atoms with E-state index in [1.807, 2.05) is 60.7 Å². The van der Waals surface area contributed by atoms with Gasteiger partial charge in [0.05, 0.1) is 6.54 Å². The molecule has 0 spiro atoms. The molecule has 6 heteroatoms. The van der Waals surface area contributed by atoms with Crippen LogP contribution in [0.5, 0.6) is 0 Å². The lowest BCUT2D eigenvalue weighted by atomic mass is 10.2. The van der Waals surface area contributed by atoms with Crippen molar-refractivity contribution in [2.24, 2.45) is 0 Å². The fourth-order valence-corrected chi connectivity index (χ4v) is 3.03. The lowest BCUT2D eigenvalue weighted by molar-refractivity contribution is 0.0980. The molecule has 0 aliphatic heterocycles. The van der Waals surface area contributed by atoms with Gasteiger partial charge < -0.3 is 4.90 Å². The van der Waals surface area contributed by atoms with Gasteiger partial charge in [-0.05, 0) is 23.8 Å². The van der Waals surface area contributed by atoms with E-state index in [0.717, 1.165) is 11.3 Å². The lowest BCUT2D eigenvalue weighted by Crippen LogP contribution is -2.31. The Morgan fingerprint density at radius 1 is 1.00 bits per heavy atom. The van der Waals surface area contributed by atoms with E-state index in [-0.39, 0.29) is 16.6 Å². The molecule has 0 saturated heterocycles. The molecule has 0 saturated carbocycles. The van der Waals surface area contributed by atoms with Gasteiger partial charge in [0.2, 0.25) is 0 Å². The summed E-state index contributed by atoms with van der Waals surface area (Å²) in [6.07, 6.45) is 3.34. The van der Waals surface area contributed by atoms with Crippen LogP contribution in [0.2, 0.25) is 5.02 Å². The van der Waals surface area contributed by atoms with Gasteiger partial charge in [0.25, 0.3) is 5.91 Å². The number of benzene rings is 2. The molecule has 0 unspecified atom stereocenters. The van der Waals surface area contributed by atoms with Crippen LogP contribution in [0, 0.1) is 0 Å². The largest absolute Gasteiger partial charge is 0.303 e. The monoisotopic (exact) mass is 362 g/mol. The Hall–Kier alpha value is -3.18. The summed E-state index contributed by atoms with van der Waals surface area (Å²) in [4.78, 5) is 19.1. The van der Waals surface area contributed by atoms with Gasteiger partial charge in [-0.15, -0.1) is 0 Å². The first-order valence-electron chi connectivity index (χ1n) is 8.14. The van der Waals surface area contributed by atoms with Crippen LogP contribution in [0.15, 0.2) is 79.1 Å². The van der Waals surface area contributed by atoms with Gasteiger partial charge in [-0.3, -0.25) is 4.79 Å². The van der Waals surface area contributed by atoms with E-state index in [2.05, 4.69) is 10.1 Å². The second kappa shape index (κ2) is 6.98. The van der Waals surface area contributed by atoms with Crippen LogP contribution in [0.3, 0.4) is 0 Å². The summed E-state index contributed by atoms with van der Waals surface area (Å²) in [6.45, 7) is 0.418. The molecule has 0 aliphatic rings. The molecule has 2 aromatic heterocycles. The average Bonchev–Trinajstić information content (AvgIpc) is 3.04. The number of fused-ring (bicyclic) bond motifs is 1. The number of hydrogen-bond acceptors (Lipinski definition) is 3. The van der Waals surface area contributed by atoms with Crippen molar-refractivity contribution in [2.75, 3.05) is 4.90 Å². The first-order valence-corrected chi connectivity index (χ1v) is 8.51. The molecule has 0 atom stereocenters. The van der Waals surface area contributed by atoms with Crippen LogP contribution in [0.25, 0.3) is 5.65 Å². The zero-order chi connectivity index (χ0) is 17.9. The van der Waals surface area contributed by atoms with E-state index in [0.29, 0.717) is 12.2 Å². The molecule has 2 heterocycles. The Kier molecular flexibility index (Phi) is 4.37. The number of amides is 1. The van der Waals surface area contributed by atoms with Crippen LogP contribution < -0.4 is 4.90 Å². The summed E-state index contributed by atoms with van der Waals surface area (Å²) in [7, 11) is 0. The molecular weight excluding hydrogens is 348 g/mol. The molecule has 4 rings (SSSR count). The molecule has 0 aliphatic carbocycles. The number of anilines is 1. The molecule has 2 aromatic carbocycles. The third-order valence-corrected chi connectivity index (χ3v) is 4.39. The van der Waals surface area contributed by atoms with E-state index >= 15 is 0 Å². The second-order valence-electron chi connectivity index (χ2n) is 5.76. The summed E-state index contributed by atoms with van der Waals surface area (Å²) in [6, 6.07) is 21.0. The molecule has 0 fully saturated rings. The Morgan fingerprint density at radius 3 is 2.38 bits per heavy atom. The fourth-order valence-electron chi connectivity index (χ4n) is 2.78. The molecule has 0 bridgehead atoms. The quantitative estimate of drug-likeness (QED) is 0.546. The van der Waals surface area contributed by atoms with Crippen LogP contribution in [0.4, 0.5) is 5.69 Å². The van der Waals surface area contributed by atoms with Crippen molar-refractivity contribution in [3.63, 3.8) is 0 Å². The smallest absolute Gasteiger partial charge is 0.280 e. The van der Waals surface area contributed by atoms with E-state index in [1.165, 1.54) is 4.52 Å². The Balaban J connectivity index is 1.77. The van der Waals surface area contributed by atoms with E-state index in [9.17, 15) is 4.79 Å². The summed E-state index contributed by atoms with van der Waals surface area (Å²) in [5.41, 5.74) is 2.44. The third-order valence-electron chi connectivity index (χ3n) is 4.04. The van der Waals surface area contributed by atoms with Crippen molar-refractivity contribution in [2.45, 2.75) is 6.54 Å². The van der Waals surface area contributed by atoms with E-state index in [4.69, 9.17) is 11.6 Å². The van der Waals surface area contributed by atoms with E-state index < -0.39 is 0 Å². The number of hydrogen-bond donors (Lipinski definition) is 0. The van der Waals surface area contributed by atoms with Crippen molar-refractivity contribution >= 4 is 28.8 Å². The van der Waals surface area contributed by atoms with Crippen molar-refractivity contribution in [1.82, 2.24) is 14.6 Å². The Labute approximate surface area is 155 Å². The number of aromatic nitrogens is 3. The molecule has 4 aromatic rings. The normalized spacial score (nSPS) is 10.8. The molecule has 1 amide bonds. The third kappa shape index (κ3) is 3.05. The Bertz CT molecular complexity index is 1050. The average molecular weight is 363 g/mol. The first kappa shape index (κ1) is 16.3. The minimum Gasteiger partial charge on any atom is -0.303 e. The van der Waals surface area contributed by atoms with Crippen molar-refractivity contribution in [3.8, 4) is 0 Å². The predicted molar refractivity (Wildman–Crippen MR) is 101 cm³/mol. The first-order chi connectivity index (χ1) is 12.7. The SMILES string of the molecule is O=C(c1nn2cccnc2c1Cl)N(Cc1ccccc1)c1ccccc1. The number of rotatable bonds is 4. The number of carbonyl (C=O) groups is 1. The minimum atomic E-state index is -0.268. The number of halogens is 1. The van der Waals surface area contributed by atoms with Crippen molar-refractivity contribution < 1.29 is 4.79 Å². The highest BCUT2D eigenvalue weighted by Crippen LogP contribution is 2.25. The highest BCUT2D eigenvalue weighted by atomic mass is 35.5. The van der Waals surface area contributed by atoms with Gasteiger partial charge in [0, 0.05) is 18.1 Å². The Morgan fingerprint density at radius 2 is 1.69 bits per heavy atom. The highest BCUT2D eigenvalue weighted by Gasteiger charge is 2.25. The molecule has 0 radical (unpaired) electrons. The minimum absolute atomic E-state index is 0.185. The van der Waals surface area contributed by atoms with Gasteiger partial charge in [-0.25, -0.2) is 9.50 Å². The predicted octanol–water partition coefficient (Wildman–Crippen LogP) is 4.23. The van der Waals surface area contributed by atoms with Crippen LogP contribution in [-0.2, 0) is 6.54 Å². The van der Waals surface area contributed by atoms with E-state index in [1.54, 1.807) is 23.4 Å². The summed E-state index contributed by atoms with van der Waals surface area (Å²) < 4.78 is 1.52. The van der Waals surface area contributed by atoms with Gasteiger partial charge in [-0.1, -0.05) is 60.1 Å². The number of carbonyl (C=O) groups excluding carboxylic acids is 1. The maximum Gasteiger partial charge on any atom is 0.280 e. The molecule has 26 heavy (non-hydrogen) atoms. The molecule has 128 valence electrons. The molecule has 0 N–H and O–H groups in total. The van der Waals surface area contributed by atoms with Gasteiger partial charge in [0.15, 0.2) is 11.3 Å². The fraction of sp³-hybridized carbons (Fsp3) is 0.0500.